The standard InChI is InChI=1S/C22H27N5O2S/c1-23-20(29)22(8-4-9-22)13-24-21-26-16-7-10-27(12-18(16)30-21)19(28)17-11-14-5-2-3-6-15(14)25-17/h2-3,5-6,17,25H,4,7-13H2,1H3,(H,23,29)(H,24,26). The second-order valence-corrected chi connectivity index (χ2v) is 9.61. The zero-order valence-corrected chi connectivity index (χ0v) is 18.0. The van der Waals surface area contributed by atoms with Crippen molar-refractivity contribution in [3.8, 4) is 0 Å². The summed E-state index contributed by atoms with van der Waals surface area (Å²) in [6.07, 6.45) is 4.46. The minimum Gasteiger partial charge on any atom is -0.373 e. The molecule has 30 heavy (non-hydrogen) atoms. The lowest BCUT2D eigenvalue weighted by molar-refractivity contribution is -0.134. The van der Waals surface area contributed by atoms with Crippen LogP contribution >= 0.6 is 11.3 Å². The quantitative estimate of drug-likeness (QED) is 0.685. The predicted octanol–water partition coefficient (Wildman–Crippen LogP) is 2.39. The molecule has 2 amide bonds. The molecule has 1 aromatic heterocycles. The number of para-hydroxylation sites is 1. The number of nitrogens with one attached hydrogen (secondary N) is 3. The van der Waals surface area contributed by atoms with Gasteiger partial charge in [-0.2, -0.15) is 0 Å². The van der Waals surface area contributed by atoms with Gasteiger partial charge in [0.15, 0.2) is 5.13 Å². The van der Waals surface area contributed by atoms with E-state index in [0.29, 0.717) is 19.6 Å². The Hall–Kier alpha value is -2.61. The molecule has 5 rings (SSSR count). The average molecular weight is 426 g/mol. The molecule has 1 aromatic carbocycles. The zero-order chi connectivity index (χ0) is 20.7. The van der Waals surface area contributed by atoms with Crippen LogP contribution in [0.25, 0.3) is 0 Å². The predicted molar refractivity (Wildman–Crippen MR) is 118 cm³/mol. The van der Waals surface area contributed by atoms with Gasteiger partial charge in [-0.05, 0) is 24.5 Å². The third kappa shape index (κ3) is 3.33. The lowest BCUT2D eigenvalue weighted by atomic mass is 9.68. The van der Waals surface area contributed by atoms with E-state index in [9.17, 15) is 9.59 Å². The fraction of sp³-hybridized carbons (Fsp3) is 0.500. The first-order chi connectivity index (χ1) is 14.6. The maximum atomic E-state index is 13.1. The van der Waals surface area contributed by atoms with Gasteiger partial charge in [0, 0.05) is 43.5 Å². The van der Waals surface area contributed by atoms with E-state index in [1.165, 1.54) is 5.56 Å². The molecule has 1 atom stereocenters. The van der Waals surface area contributed by atoms with Crippen molar-refractivity contribution in [1.82, 2.24) is 15.2 Å². The van der Waals surface area contributed by atoms with Gasteiger partial charge in [-0.1, -0.05) is 36.0 Å². The van der Waals surface area contributed by atoms with Crippen LogP contribution in [0, 0.1) is 5.41 Å². The Labute approximate surface area is 180 Å². The molecule has 0 radical (unpaired) electrons. The molecule has 0 saturated heterocycles. The normalized spacial score (nSPS) is 21.1. The highest BCUT2D eigenvalue weighted by molar-refractivity contribution is 7.15. The van der Waals surface area contributed by atoms with Crippen molar-refractivity contribution in [3.63, 3.8) is 0 Å². The zero-order valence-electron chi connectivity index (χ0n) is 17.2. The number of carbonyl (C=O) groups is 2. The molecule has 3 aliphatic rings. The van der Waals surface area contributed by atoms with E-state index in [4.69, 9.17) is 4.98 Å². The average Bonchev–Trinajstić information content (AvgIpc) is 3.35. The molecule has 3 N–H and O–H groups in total. The monoisotopic (exact) mass is 425 g/mol. The molecule has 158 valence electrons. The van der Waals surface area contributed by atoms with Gasteiger partial charge >= 0.3 is 0 Å². The topological polar surface area (TPSA) is 86.4 Å². The molecule has 0 bridgehead atoms. The minimum absolute atomic E-state index is 0.115. The molecule has 2 aliphatic heterocycles. The number of hydrogen-bond donors (Lipinski definition) is 3. The van der Waals surface area contributed by atoms with Gasteiger partial charge in [0.1, 0.15) is 6.04 Å². The first kappa shape index (κ1) is 19.4. The van der Waals surface area contributed by atoms with Gasteiger partial charge in [-0.25, -0.2) is 4.98 Å². The van der Waals surface area contributed by atoms with Crippen molar-refractivity contribution < 1.29 is 9.59 Å². The number of anilines is 2. The summed E-state index contributed by atoms with van der Waals surface area (Å²) in [5.41, 5.74) is 3.06. The number of fused-ring (bicyclic) bond motifs is 2. The van der Waals surface area contributed by atoms with E-state index in [1.807, 2.05) is 23.1 Å². The van der Waals surface area contributed by atoms with Crippen LogP contribution in [0.15, 0.2) is 24.3 Å². The fourth-order valence-corrected chi connectivity index (χ4v) is 5.74. The largest absolute Gasteiger partial charge is 0.373 e. The molecule has 1 unspecified atom stereocenters. The Morgan fingerprint density at radius 2 is 2.17 bits per heavy atom. The Balaban J connectivity index is 1.22. The highest BCUT2D eigenvalue weighted by atomic mass is 32.1. The summed E-state index contributed by atoms with van der Waals surface area (Å²) < 4.78 is 0. The lowest BCUT2D eigenvalue weighted by Gasteiger charge is -2.39. The molecule has 1 saturated carbocycles. The summed E-state index contributed by atoms with van der Waals surface area (Å²) in [7, 11) is 1.70. The van der Waals surface area contributed by atoms with E-state index in [2.05, 4.69) is 22.0 Å². The third-order valence-corrected chi connectivity index (χ3v) is 7.75. The molecule has 3 heterocycles. The van der Waals surface area contributed by atoms with Crippen LogP contribution in [0.5, 0.6) is 0 Å². The van der Waals surface area contributed by atoms with Crippen molar-refractivity contribution >= 4 is 34.0 Å². The summed E-state index contributed by atoms with van der Waals surface area (Å²) in [6, 6.07) is 7.95. The highest BCUT2D eigenvalue weighted by Gasteiger charge is 2.43. The van der Waals surface area contributed by atoms with E-state index in [-0.39, 0.29) is 23.3 Å². The molecule has 1 aliphatic carbocycles. The summed E-state index contributed by atoms with van der Waals surface area (Å²) >= 11 is 1.61. The van der Waals surface area contributed by atoms with E-state index in [1.54, 1.807) is 18.4 Å². The first-order valence-corrected chi connectivity index (χ1v) is 11.5. The molecule has 0 spiro atoms. The van der Waals surface area contributed by atoms with Crippen molar-refractivity contribution in [1.29, 1.82) is 0 Å². The van der Waals surface area contributed by atoms with Gasteiger partial charge in [0.2, 0.25) is 11.8 Å². The number of thiazole rings is 1. The number of hydrogen-bond acceptors (Lipinski definition) is 6. The van der Waals surface area contributed by atoms with Crippen LogP contribution in [0.1, 0.15) is 35.4 Å². The minimum atomic E-state index is -0.300. The highest BCUT2D eigenvalue weighted by Crippen LogP contribution is 2.41. The lowest BCUT2D eigenvalue weighted by Crippen LogP contribution is -2.48. The van der Waals surface area contributed by atoms with Crippen molar-refractivity contribution in [3.05, 3.63) is 40.4 Å². The van der Waals surface area contributed by atoms with Gasteiger partial charge < -0.3 is 20.9 Å². The number of carbonyl (C=O) groups excluding carboxylic acids is 2. The Morgan fingerprint density at radius 3 is 2.90 bits per heavy atom. The van der Waals surface area contributed by atoms with Crippen LogP contribution in [-0.4, -0.2) is 47.9 Å². The Bertz CT molecular complexity index is 959. The van der Waals surface area contributed by atoms with Crippen LogP contribution in [-0.2, 0) is 29.0 Å². The van der Waals surface area contributed by atoms with Gasteiger partial charge in [-0.3, -0.25) is 9.59 Å². The van der Waals surface area contributed by atoms with Crippen molar-refractivity contribution in [2.45, 2.75) is 44.7 Å². The molecule has 7 nitrogen and oxygen atoms in total. The Kier molecular flexibility index (Phi) is 4.89. The molecule has 2 aromatic rings. The maximum absolute atomic E-state index is 13.1. The summed E-state index contributed by atoms with van der Waals surface area (Å²) in [5, 5.41) is 10.4. The second-order valence-electron chi connectivity index (χ2n) is 8.52. The summed E-state index contributed by atoms with van der Waals surface area (Å²) in [4.78, 5) is 33.2. The molecular formula is C22H27N5O2S. The SMILES string of the molecule is CNC(=O)C1(CNc2nc3c(s2)CN(C(=O)C2Cc4ccccc4N2)CC3)CCC1. The van der Waals surface area contributed by atoms with Crippen molar-refractivity contribution in [2.75, 3.05) is 30.8 Å². The van der Waals surface area contributed by atoms with Crippen LogP contribution in [0.2, 0.25) is 0 Å². The fourth-order valence-electron chi connectivity index (χ4n) is 4.72. The summed E-state index contributed by atoms with van der Waals surface area (Å²) in [5.74, 6) is 0.275. The number of amides is 2. The summed E-state index contributed by atoms with van der Waals surface area (Å²) in [6.45, 7) is 1.93. The second kappa shape index (κ2) is 7.58. The Morgan fingerprint density at radius 1 is 1.33 bits per heavy atom. The van der Waals surface area contributed by atoms with E-state index >= 15 is 0 Å². The van der Waals surface area contributed by atoms with Gasteiger partial charge in [0.05, 0.1) is 17.7 Å². The molecule has 8 heteroatoms. The van der Waals surface area contributed by atoms with E-state index < -0.39 is 0 Å². The van der Waals surface area contributed by atoms with E-state index in [0.717, 1.165) is 53.5 Å². The third-order valence-electron chi connectivity index (χ3n) is 6.71. The number of nitrogens with zero attached hydrogens (tertiary/aromatic N) is 2. The van der Waals surface area contributed by atoms with Crippen molar-refractivity contribution in [2.24, 2.45) is 5.41 Å². The van der Waals surface area contributed by atoms with Crippen LogP contribution in [0.4, 0.5) is 10.8 Å². The maximum Gasteiger partial charge on any atom is 0.245 e. The smallest absolute Gasteiger partial charge is 0.245 e. The van der Waals surface area contributed by atoms with Gasteiger partial charge in [-0.15, -0.1) is 0 Å². The molecule has 1 fully saturated rings. The van der Waals surface area contributed by atoms with Gasteiger partial charge in [0.25, 0.3) is 0 Å². The van der Waals surface area contributed by atoms with Crippen LogP contribution < -0.4 is 16.0 Å². The van der Waals surface area contributed by atoms with Crippen LogP contribution in [0.3, 0.4) is 0 Å². The first-order valence-electron chi connectivity index (χ1n) is 10.7. The number of rotatable bonds is 5. The number of benzene rings is 1. The molecular weight excluding hydrogens is 398 g/mol. The number of aromatic nitrogens is 1.